The van der Waals surface area contributed by atoms with E-state index in [9.17, 15) is 5.11 Å². The third kappa shape index (κ3) is 2.71. The number of hydrogen-bond acceptors (Lipinski definition) is 3. The molecule has 1 heterocycles. The van der Waals surface area contributed by atoms with Gasteiger partial charge in [-0.05, 0) is 38.6 Å². The van der Waals surface area contributed by atoms with Crippen LogP contribution < -0.4 is 5.73 Å². The third-order valence-corrected chi connectivity index (χ3v) is 4.17. The molecule has 2 aliphatic rings. The van der Waals surface area contributed by atoms with Crippen LogP contribution in [0.1, 0.15) is 44.9 Å². The van der Waals surface area contributed by atoms with Crippen LogP contribution in [0.4, 0.5) is 0 Å². The molecule has 0 amide bonds. The fraction of sp³-hybridized carbons (Fsp3) is 1.00. The lowest BCUT2D eigenvalue weighted by Crippen LogP contribution is -2.40. The SMILES string of the molecule is NCC1(O)CCCN(C2CCCC2)CC1. The van der Waals surface area contributed by atoms with E-state index in [-0.39, 0.29) is 0 Å². The molecule has 0 aromatic carbocycles. The van der Waals surface area contributed by atoms with Crippen molar-refractivity contribution in [3.05, 3.63) is 0 Å². The van der Waals surface area contributed by atoms with Gasteiger partial charge in [-0.25, -0.2) is 0 Å². The first-order chi connectivity index (χ1) is 7.23. The molecule has 0 spiro atoms. The molecule has 0 aromatic rings. The Morgan fingerprint density at radius 3 is 2.53 bits per heavy atom. The Hall–Kier alpha value is -0.120. The minimum absolute atomic E-state index is 0.422. The lowest BCUT2D eigenvalue weighted by Gasteiger charge is -2.28. The molecule has 1 atom stereocenters. The molecule has 3 nitrogen and oxygen atoms in total. The van der Waals surface area contributed by atoms with Gasteiger partial charge in [0.2, 0.25) is 0 Å². The van der Waals surface area contributed by atoms with E-state index in [0.29, 0.717) is 6.54 Å². The summed E-state index contributed by atoms with van der Waals surface area (Å²) in [5, 5.41) is 10.2. The van der Waals surface area contributed by atoms with E-state index in [1.54, 1.807) is 0 Å². The molecule has 2 fully saturated rings. The summed E-state index contributed by atoms with van der Waals surface area (Å²) in [6, 6.07) is 0.796. The van der Waals surface area contributed by atoms with Crippen molar-refractivity contribution in [2.75, 3.05) is 19.6 Å². The molecule has 1 aliphatic carbocycles. The molecule has 3 N–H and O–H groups in total. The van der Waals surface area contributed by atoms with E-state index >= 15 is 0 Å². The number of hydrogen-bond donors (Lipinski definition) is 2. The van der Waals surface area contributed by atoms with E-state index < -0.39 is 5.60 Å². The van der Waals surface area contributed by atoms with Crippen molar-refractivity contribution >= 4 is 0 Å². The normalized spacial score (nSPS) is 35.6. The number of nitrogens with two attached hydrogens (primary N) is 1. The summed E-state index contributed by atoms with van der Waals surface area (Å²) >= 11 is 0. The second-order valence-corrected chi connectivity index (χ2v) is 5.26. The Labute approximate surface area is 92.6 Å². The average molecular weight is 212 g/mol. The standard InChI is InChI=1S/C12H24N2O/c13-10-12(15)6-3-8-14(9-7-12)11-4-1-2-5-11/h11,15H,1-10,13H2. The van der Waals surface area contributed by atoms with Gasteiger partial charge in [0.1, 0.15) is 0 Å². The van der Waals surface area contributed by atoms with Crippen LogP contribution >= 0.6 is 0 Å². The number of aliphatic hydroxyl groups is 1. The quantitative estimate of drug-likeness (QED) is 0.721. The first-order valence-electron chi connectivity index (χ1n) is 6.40. The van der Waals surface area contributed by atoms with Crippen LogP contribution in [0.2, 0.25) is 0 Å². The van der Waals surface area contributed by atoms with Gasteiger partial charge in [-0.3, -0.25) is 0 Å². The maximum atomic E-state index is 10.2. The minimum atomic E-state index is -0.576. The van der Waals surface area contributed by atoms with Crippen LogP contribution in [0.25, 0.3) is 0 Å². The Morgan fingerprint density at radius 1 is 1.13 bits per heavy atom. The Balaban J connectivity index is 1.89. The van der Waals surface area contributed by atoms with E-state index in [0.717, 1.165) is 38.4 Å². The molecule has 3 heteroatoms. The molecule has 15 heavy (non-hydrogen) atoms. The van der Waals surface area contributed by atoms with Crippen LogP contribution in [0.15, 0.2) is 0 Å². The minimum Gasteiger partial charge on any atom is -0.389 e. The van der Waals surface area contributed by atoms with Crippen molar-refractivity contribution in [1.82, 2.24) is 4.90 Å². The van der Waals surface area contributed by atoms with Gasteiger partial charge in [0.05, 0.1) is 5.60 Å². The van der Waals surface area contributed by atoms with Gasteiger partial charge in [-0.2, -0.15) is 0 Å². The summed E-state index contributed by atoms with van der Waals surface area (Å²) in [6.07, 6.45) is 8.35. The topological polar surface area (TPSA) is 49.5 Å². The molecule has 0 bridgehead atoms. The van der Waals surface area contributed by atoms with Gasteiger partial charge in [0.15, 0.2) is 0 Å². The van der Waals surface area contributed by atoms with Crippen molar-refractivity contribution in [2.45, 2.75) is 56.6 Å². The predicted molar refractivity (Wildman–Crippen MR) is 61.7 cm³/mol. The Morgan fingerprint density at radius 2 is 1.87 bits per heavy atom. The number of nitrogens with zero attached hydrogens (tertiary/aromatic N) is 1. The van der Waals surface area contributed by atoms with Crippen LogP contribution in [0, 0.1) is 0 Å². The lowest BCUT2D eigenvalue weighted by molar-refractivity contribution is 0.0329. The third-order valence-electron chi connectivity index (χ3n) is 4.17. The second kappa shape index (κ2) is 4.81. The van der Waals surface area contributed by atoms with E-state index in [2.05, 4.69) is 4.90 Å². The number of rotatable bonds is 2. The van der Waals surface area contributed by atoms with Gasteiger partial charge < -0.3 is 15.7 Å². The van der Waals surface area contributed by atoms with Crippen molar-refractivity contribution in [2.24, 2.45) is 5.73 Å². The molecule has 0 aromatic heterocycles. The molecule has 88 valence electrons. The fourth-order valence-corrected chi connectivity index (χ4v) is 3.04. The van der Waals surface area contributed by atoms with Crippen molar-refractivity contribution in [1.29, 1.82) is 0 Å². The van der Waals surface area contributed by atoms with Crippen LogP contribution in [0.3, 0.4) is 0 Å². The summed E-state index contributed by atoms with van der Waals surface area (Å²) < 4.78 is 0. The molecule has 1 saturated heterocycles. The van der Waals surface area contributed by atoms with Gasteiger partial charge in [-0.15, -0.1) is 0 Å². The highest BCUT2D eigenvalue weighted by Crippen LogP contribution is 2.28. The molecule has 1 aliphatic heterocycles. The molecule has 1 unspecified atom stereocenters. The number of likely N-dealkylation sites (tertiary alicyclic amines) is 1. The zero-order valence-corrected chi connectivity index (χ0v) is 9.62. The van der Waals surface area contributed by atoms with Crippen molar-refractivity contribution in [3.8, 4) is 0 Å². The van der Waals surface area contributed by atoms with E-state index in [4.69, 9.17) is 5.73 Å². The van der Waals surface area contributed by atoms with Crippen molar-refractivity contribution in [3.63, 3.8) is 0 Å². The van der Waals surface area contributed by atoms with E-state index in [1.165, 1.54) is 25.7 Å². The molecular formula is C12H24N2O. The summed E-state index contributed by atoms with van der Waals surface area (Å²) in [5.41, 5.74) is 5.06. The predicted octanol–water partition coefficient (Wildman–Crippen LogP) is 1.10. The summed E-state index contributed by atoms with van der Waals surface area (Å²) in [4.78, 5) is 2.58. The maximum absolute atomic E-state index is 10.2. The largest absolute Gasteiger partial charge is 0.389 e. The van der Waals surface area contributed by atoms with Crippen molar-refractivity contribution < 1.29 is 5.11 Å². The monoisotopic (exact) mass is 212 g/mol. The highest BCUT2D eigenvalue weighted by atomic mass is 16.3. The molecule has 1 saturated carbocycles. The molecule has 2 rings (SSSR count). The molecular weight excluding hydrogens is 188 g/mol. The second-order valence-electron chi connectivity index (χ2n) is 5.26. The first-order valence-corrected chi connectivity index (χ1v) is 6.40. The Bertz CT molecular complexity index is 204. The van der Waals surface area contributed by atoms with Gasteiger partial charge in [0, 0.05) is 19.1 Å². The highest BCUT2D eigenvalue weighted by Gasteiger charge is 2.31. The Kier molecular flexibility index (Phi) is 3.65. The zero-order valence-electron chi connectivity index (χ0n) is 9.62. The van der Waals surface area contributed by atoms with Crippen LogP contribution in [0.5, 0.6) is 0 Å². The summed E-state index contributed by atoms with van der Waals surface area (Å²) in [6.45, 7) is 2.62. The average Bonchev–Trinajstić information content (AvgIpc) is 2.70. The van der Waals surface area contributed by atoms with E-state index in [1.807, 2.05) is 0 Å². The summed E-state index contributed by atoms with van der Waals surface area (Å²) in [5.74, 6) is 0. The maximum Gasteiger partial charge on any atom is 0.0782 e. The van der Waals surface area contributed by atoms with Gasteiger partial charge in [-0.1, -0.05) is 12.8 Å². The van der Waals surface area contributed by atoms with Crippen LogP contribution in [-0.4, -0.2) is 41.3 Å². The van der Waals surface area contributed by atoms with Gasteiger partial charge in [0.25, 0.3) is 0 Å². The zero-order chi connectivity index (χ0) is 10.7. The fourth-order valence-electron chi connectivity index (χ4n) is 3.04. The molecule has 0 radical (unpaired) electrons. The summed E-state index contributed by atoms with van der Waals surface area (Å²) in [7, 11) is 0. The smallest absolute Gasteiger partial charge is 0.0782 e. The van der Waals surface area contributed by atoms with Gasteiger partial charge >= 0.3 is 0 Å². The highest BCUT2D eigenvalue weighted by molar-refractivity contribution is 4.87. The lowest BCUT2D eigenvalue weighted by atomic mass is 9.95. The van der Waals surface area contributed by atoms with Crippen LogP contribution in [-0.2, 0) is 0 Å². The first kappa shape index (κ1) is 11.4.